The number of thiazole rings is 1. The lowest BCUT2D eigenvalue weighted by atomic mass is 10.1. The molecule has 1 aromatic heterocycles. The van der Waals surface area contributed by atoms with Crippen LogP contribution in [0.25, 0.3) is 10.6 Å². The number of ether oxygens (including phenoxy) is 2. The molecule has 0 unspecified atom stereocenters. The van der Waals surface area contributed by atoms with Crippen LogP contribution in [0.3, 0.4) is 0 Å². The largest absolute Gasteiger partial charge is 0.492 e. The van der Waals surface area contributed by atoms with Crippen LogP contribution >= 0.6 is 11.3 Å². The lowest BCUT2D eigenvalue weighted by molar-refractivity contribution is 0.0504. The summed E-state index contributed by atoms with van der Waals surface area (Å²) >= 11 is 1.29. The van der Waals surface area contributed by atoms with Crippen LogP contribution in [0.4, 0.5) is 0 Å². The number of hydrogen-bond acceptors (Lipinski definition) is 6. The SMILES string of the molecule is CCCCOC(=O)c1sc(-c2ccc(OCC(C)C)c(C#N)c2)nc1C. The average molecular weight is 372 g/mol. The zero-order chi connectivity index (χ0) is 19.1. The van der Waals surface area contributed by atoms with Gasteiger partial charge in [0, 0.05) is 5.56 Å². The van der Waals surface area contributed by atoms with Crippen molar-refractivity contribution in [3.05, 3.63) is 34.3 Å². The molecule has 0 aliphatic carbocycles. The monoisotopic (exact) mass is 372 g/mol. The fourth-order valence-electron chi connectivity index (χ4n) is 2.22. The zero-order valence-electron chi connectivity index (χ0n) is 15.7. The van der Waals surface area contributed by atoms with Crippen LogP contribution in [0.1, 0.15) is 54.5 Å². The molecular formula is C20H24N2O3S. The first-order chi connectivity index (χ1) is 12.5. The second-order valence-electron chi connectivity index (χ2n) is 6.45. The van der Waals surface area contributed by atoms with Gasteiger partial charge < -0.3 is 9.47 Å². The van der Waals surface area contributed by atoms with Crippen molar-refractivity contribution in [3.63, 3.8) is 0 Å². The number of benzene rings is 1. The maximum Gasteiger partial charge on any atom is 0.350 e. The Kier molecular flexibility index (Phi) is 7.16. The van der Waals surface area contributed by atoms with Gasteiger partial charge >= 0.3 is 5.97 Å². The van der Waals surface area contributed by atoms with Crippen molar-refractivity contribution in [2.75, 3.05) is 13.2 Å². The van der Waals surface area contributed by atoms with Crippen LogP contribution in [0, 0.1) is 24.2 Å². The molecule has 0 N–H and O–H groups in total. The van der Waals surface area contributed by atoms with E-state index in [1.165, 1.54) is 11.3 Å². The van der Waals surface area contributed by atoms with Crippen molar-refractivity contribution in [1.29, 1.82) is 5.26 Å². The number of esters is 1. The van der Waals surface area contributed by atoms with E-state index in [1.54, 1.807) is 19.1 Å². The smallest absolute Gasteiger partial charge is 0.350 e. The lowest BCUT2D eigenvalue weighted by Gasteiger charge is -2.10. The number of nitriles is 1. The van der Waals surface area contributed by atoms with Gasteiger partial charge in [-0.1, -0.05) is 27.2 Å². The van der Waals surface area contributed by atoms with Gasteiger partial charge in [0.25, 0.3) is 0 Å². The van der Waals surface area contributed by atoms with E-state index in [0.29, 0.717) is 46.0 Å². The summed E-state index contributed by atoms with van der Waals surface area (Å²) in [4.78, 5) is 17.2. The lowest BCUT2D eigenvalue weighted by Crippen LogP contribution is -2.05. The van der Waals surface area contributed by atoms with Crippen molar-refractivity contribution in [2.24, 2.45) is 5.92 Å². The molecule has 0 saturated heterocycles. The van der Waals surface area contributed by atoms with Crippen molar-refractivity contribution < 1.29 is 14.3 Å². The van der Waals surface area contributed by atoms with Crippen LogP contribution in [-0.2, 0) is 4.74 Å². The number of carbonyl (C=O) groups is 1. The molecule has 26 heavy (non-hydrogen) atoms. The third-order valence-corrected chi connectivity index (χ3v) is 4.82. The van der Waals surface area contributed by atoms with E-state index in [1.807, 2.05) is 13.0 Å². The summed E-state index contributed by atoms with van der Waals surface area (Å²) < 4.78 is 11.0. The number of aryl methyl sites for hydroxylation is 1. The van der Waals surface area contributed by atoms with Gasteiger partial charge in [-0.25, -0.2) is 9.78 Å². The second kappa shape index (κ2) is 9.35. The zero-order valence-corrected chi connectivity index (χ0v) is 16.5. The Hall–Kier alpha value is -2.39. The van der Waals surface area contributed by atoms with E-state index in [0.717, 1.165) is 18.4 Å². The van der Waals surface area contributed by atoms with E-state index in [9.17, 15) is 10.1 Å². The minimum atomic E-state index is -0.336. The highest BCUT2D eigenvalue weighted by Crippen LogP contribution is 2.31. The van der Waals surface area contributed by atoms with Gasteiger partial charge in [-0.05, 0) is 37.5 Å². The molecule has 0 aliphatic rings. The second-order valence-corrected chi connectivity index (χ2v) is 7.45. The molecule has 0 aliphatic heterocycles. The summed E-state index contributed by atoms with van der Waals surface area (Å²) in [5.41, 5.74) is 1.90. The third-order valence-electron chi connectivity index (χ3n) is 3.63. The number of unbranched alkanes of at least 4 members (excludes halogenated alkanes) is 1. The highest BCUT2D eigenvalue weighted by molar-refractivity contribution is 7.17. The molecule has 0 radical (unpaired) electrons. The van der Waals surface area contributed by atoms with Gasteiger partial charge in [-0.3, -0.25) is 0 Å². The number of nitrogens with zero attached hydrogens (tertiary/aromatic N) is 2. The summed E-state index contributed by atoms with van der Waals surface area (Å²) in [6.45, 7) is 8.92. The van der Waals surface area contributed by atoms with E-state index in [-0.39, 0.29) is 5.97 Å². The molecule has 0 bridgehead atoms. The number of aromatic nitrogens is 1. The molecule has 1 heterocycles. The Morgan fingerprint density at radius 3 is 2.81 bits per heavy atom. The summed E-state index contributed by atoms with van der Waals surface area (Å²) in [6.07, 6.45) is 1.82. The molecular weight excluding hydrogens is 348 g/mol. The molecule has 0 amide bonds. The van der Waals surface area contributed by atoms with E-state index in [2.05, 4.69) is 24.9 Å². The molecule has 0 saturated carbocycles. The van der Waals surface area contributed by atoms with Gasteiger partial charge in [0.2, 0.25) is 0 Å². The first-order valence-corrected chi connectivity index (χ1v) is 9.59. The first kappa shape index (κ1) is 19.9. The van der Waals surface area contributed by atoms with Crippen LogP contribution in [-0.4, -0.2) is 24.2 Å². The summed E-state index contributed by atoms with van der Waals surface area (Å²) in [7, 11) is 0. The standard InChI is InChI=1S/C20H24N2O3S/c1-5-6-9-24-20(23)18-14(4)22-19(26-18)15-7-8-17(16(10-15)11-21)25-12-13(2)3/h7-8,10,13H,5-6,9,12H2,1-4H3. The summed E-state index contributed by atoms with van der Waals surface area (Å²) in [5, 5.41) is 10.1. The van der Waals surface area contributed by atoms with E-state index >= 15 is 0 Å². The minimum absolute atomic E-state index is 0.336. The fraction of sp³-hybridized carbons (Fsp3) is 0.450. The van der Waals surface area contributed by atoms with Gasteiger partial charge in [0.15, 0.2) is 0 Å². The molecule has 1 aromatic carbocycles. The Bertz CT molecular complexity index is 806. The predicted molar refractivity (Wildman–Crippen MR) is 103 cm³/mol. The molecule has 0 spiro atoms. The molecule has 2 aromatic rings. The van der Waals surface area contributed by atoms with Crippen LogP contribution in [0.2, 0.25) is 0 Å². The molecule has 2 rings (SSSR count). The van der Waals surface area contributed by atoms with E-state index in [4.69, 9.17) is 9.47 Å². The highest BCUT2D eigenvalue weighted by atomic mass is 32.1. The van der Waals surface area contributed by atoms with Crippen LogP contribution < -0.4 is 4.74 Å². The summed E-state index contributed by atoms with van der Waals surface area (Å²) in [6, 6.07) is 7.56. The minimum Gasteiger partial charge on any atom is -0.492 e. The molecule has 5 nitrogen and oxygen atoms in total. The van der Waals surface area contributed by atoms with Gasteiger partial charge in [-0.15, -0.1) is 11.3 Å². The maximum absolute atomic E-state index is 12.2. The van der Waals surface area contributed by atoms with E-state index < -0.39 is 0 Å². The molecule has 0 fully saturated rings. The third kappa shape index (κ3) is 5.06. The highest BCUT2D eigenvalue weighted by Gasteiger charge is 2.18. The molecule has 6 heteroatoms. The van der Waals surface area contributed by atoms with Crippen molar-refractivity contribution in [2.45, 2.75) is 40.5 Å². The topological polar surface area (TPSA) is 72.2 Å². The van der Waals surface area contributed by atoms with Crippen LogP contribution in [0.15, 0.2) is 18.2 Å². The maximum atomic E-state index is 12.2. The summed E-state index contributed by atoms with van der Waals surface area (Å²) in [5.74, 6) is 0.610. The Balaban J connectivity index is 2.22. The quantitative estimate of drug-likeness (QED) is 0.482. The number of carbonyl (C=O) groups excluding carboxylic acids is 1. The van der Waals surface area contributed by atoms with Gasteiger partial charge in [0.05, 0.1) is 24.5 Å². The Labute approximate surface area is 158 Å². The Morgan fingerprint density at radius 1 is 1.38 bits per heavy atom. The number of hydrogen-bond donors (Lipinski definition) is 0. The normalized spacial score (nSPS) is 10.6. The van der Waals surface area contributed by atoms with Crippen molar-refractivity contribution >= 4 is 17.3 Å². The first-order valence-electron chi connectivity index (χ1n) is 8.78. The molecule has 0 atom stereocenters. The van der Waals surface area contributed by atoms with Gasteiger partial charge in [0.1, 0.15) is 21.7 Å². The fourth-order valence-corrected chi connectivity index (χ4v) is 3.17. The van der Waals surface area contributed by atoms with Crippen molar-refractivity contribution in [1.82, 2.24) is 4.98 Å². The molecule has 138 valence electrons. The van der Waals surface area contributed by atoms with Crippen LogP contribution in [0.5, 0.6) is 5.75 Å². The van der Waals surface area contributed by atoms with Crippen molar-refractivity contribution in [3.8, 4) is 22.4 Å². The average Bonchev–Trinajstić information content (AvgIpc) is 3.01. The number of rotatable bonds is 8. The van der Waals surface area contributed by atoms with Gasteiger partial charge in [-0.2, -0.15) is 5.26 Å². The Morgan fingerprint density at radius 2 is 2.15 bits per heavy atom. The predicted octanol–water partition coefficient (Wildman–Crippen LogP) is 4.98.